The van der Waals surface area contributed by atoms with Gasteiger partial charge >= 0.3 is 0 Å². The van der Waals surface area contributed by atoms with Gasteiger partial charge in [-0.2, -0.15) is 0 Å². The van der Waals surface area contributed by atoms with Gasteiger partial charge in [-0.1, -0.05) is 37.3 Å². The van der Waals surface area contributed by atoms with Crippen LogP contribution in [-0.2, 0) is 0 Å². The molecule has 0 aromatic heterocycles. The zero-order valence-electron chi connectivity index (χ0n) is 10.7. The van der Waals surface area contributed by atoms with Gasteiger partial charge in [-0.25, -0.2) is 0 Å². The molecule has 0 spiro atoms. The standard InChI is InChI=1S/C15H24O/c1-11(2)6-5-7-12(3)14-9-8-13(4)15(16)10-14/h6,8-9,12,14-16H,4-5,7,10H2,1-3H3/t12?,14-,15+/m0/s1. The molecule has 0 aliphatic heterocycles. The number of rotatable bonds is 4. The first-order chi connectivity index (χ1) is 7.50. The lowest BCUT2D eigenvalue weighted by Gasteiger charge is -2.27. The smallest absolute Gasteiger partial charge is 0.0790 e. The maximum Gasteiger partial charge on any atom is 0.0790 e. The molecule has 1 aliphatic carbocycles. The largest absolute Gasteiger partial charge is 0.388 e. The number of hydrogen-bond donors (Lipinski definition) is 1. The molecule has 0 bridgehead atoms. The first kappa shape index (κ1) is 13.2. The second kappa shape index (κ2) is 6.05. The summed E-state index contributed by atoms with van der Waals surface area (Å²) in [6.07, 6.45) is 9.33. The summed E-state index contributed by atoms with van der Waals surface area (Å²) in [5.41, 5.74) is 2.24. The van der Waals surface area contributed by atoms with Gasteiger partial charge in [0.1, 0.15) is 0 Å². The van der Waals surface area contributed by atoms with Crippen LogP contribution < -0.4 is 0 Å². The lowest BCUT2D eigenvalue weighted by molar-refractivity contribution is 0.167. The quantitative estimate of drug-likeness (QED) is 0.713. The summed E-state index contributed by atoms with van der Waals surface area (Å²) >= 11 is 0. The molecule has 1 rings (SSSR count). The van der Waals surface area contributed by atoms with E-state index >= 15 is 0 Å². The van der Waals surface area contributed by atoms with Crippen LogP contribution in [0.4, 0.5) is 0 Å². The highest BCUT2D eigenvalue weighted by Crippen LogP contribution is 2.29. The van der Waals surface area contributed by atoms with Gasteiger partial charge in [-0.3, -0.25) is 0 Å². The molecule has 0 saturated heterocycles. The molecule has 0 radical (unpaired) electrons. The Labute approximate surface area is 99.6 Å². The van der Waals surface area contributed by atoms with Crippen molar-refractivity contribution in [2.24, 2.45) is 11.8 Å². The summed E-state index contributed by atoms with van der Waals surface area (Å²) in [4.78, 5) is 0. The molecule has 3 atom stereocenters. The van der Waals surface area contributed by atoms with E-state index in [9.17, 15) is 5.11 Å². The number of aliphatic hydroxyl groups is 1. The average Bonchev–Trinajstić information content (AvgIpc) is 2.21. The predicted molar refractivity (Wildman–Crippen MR) is 70.2 cm³/mol. The summed E-state index contributed by atoms with van der Waals surface area (Å²) in [6, 6.07) is 0. The Bertz CT molecular complexity index is 295. The molecule has 16 heavy (non-hydrogen) atoms. The lowest BCUT2D eigenvalue weighted by atomic mass is 9.81. The Hall–Kier alpha value is -0.820. The number of aliphatic hydroxyl groups excluding tert-OH is 1. The number of allylic oxidation sites excluding steroid dienone is 3. The van der Waals surface area contributed by atoms with Crippen molar-refractivity contribution in [3.63, 3.8) is 0 Å². The predicted octanol–water partition coefficient (Wildman–Crippen LogP) is 3.86. The molecule has 0 aromatic rings. The van der Waals surface area contributed by atoms with E-state index in [1.807, 2.05) is 6.08 Å². The summed E-state index contributed by atoms with van der Waals surface area (Å²) in [5, 5.41) is 9.75. The van der Waals surface area contributed by atoms with Crippen LogP contribution >= 0.6 is 0 Å². The molecular weight excluding hydrogens is 196 g/mol. The van der Waals surface area contributed by atoms with Gasteiger partial charge in [0.25, 0.3) is 0 Å². The third kappa shape index (κ3) is 3.97. The van der Waals surface area contributed by atoms with Crippen molar-refractivity contribution < 1.29 is 5.11 Å². The topological polar surface area (TPSA) is 20.2 Å². The summed E-state index contributed by atoms with van der Waals surface area (Å²) < 4.78 is 0. The Morgan fingerprint density at radius 2 is 2.31 bits per heavy atom. The molecule has 0 fully saturated rings. The third-order valence-corrected chi connectivity index (χ3v) is 3.39. The molecule has 0 heterocycles. The van der Waals surface area contributed by atoms with E-state index in [4.69, 9.17) is 0 Å². The normalized spacial score (nSPS) is 26.6. The van der Waals surface area contributed by atoms with Gasteiger partial charge in [0, 0.05) is 0 Å². The van der Waals surface area contributed by atoms with Crippen molar-refractivity contribution >= 4 is 0 Å². The maximum atomic E-state index is 9.75. The van der Waals surface area contributed by atoms with Crippen LogP contribution in [0.1, 0.15) is 40.0 Å². The monoisotopic (exact) mass is 220 g/mol. The highest BCUT2D eigenvalue weighted by molar-refractivity contribution is 5.24. The van der Waals surface area contributed by atoms with Gasteiger partial charge < -0.3 is 5.11 Å². The molecular formula is C15H24O. The Balaban J connectivity index is 2.43. The fourth-order valence-corrected chi connectivity index (χ4v) is 2.12. The zero-order chi connectivity index (χ0) is 12.1. The number of hydrogen-bond acceptors (Lipinski definition) is 1. The summed E-state index contributed by atoms with van der Waals surface area (Å²) in [6.45, 7) is 10.4. The van der Waals surface area contributed by atoms with E-state index in [-0.39, 0.29) is 6.10 Å². The van der Waals surface area contributed by atoms with Crippen molar-refractivity contribution in [2.75, 3.05) is 0 Å². The van der Waals surface area contributed by atoms with E-state index in [0.29, 0.717) is 11.8 Å². The third-order valence-electron chi connectivity index (χ3n) is 3.39. The lowest BCUT2D eigenvalue weighted by Crippen LogP contribution is -2.22. The van der Waals surface area contributed by atoms with Gasteiger partial charge in [0.05, 0.1) is 6.10 Å². The minimum absolute atomic E-state index is 0.332. The van der Waals surface area contributed by atoms with Gasteiger partial charge in [-0.15, -0.1) is 0 Å². The van der Waals surface area contributed by atoms with Crippen LogP contribution in [-0.4, -0.2) is 11.2 Å². The Morgan fingerprint density at radius 3 is 2.88 bits per heavy atom. The van der Waals surface area contributed by atoms with E-state index in [1.165, 1.54) is 12.0 Å². The van der Waals surface area contributed by atoms with Gasteiger partial charge in [-0.05, 0) is 50.5 Å². The molecule has 0 amide bonds. The molecule has 1 N–H and O–H groups in total. The zero-order valence-corrected chi connectivity index (χ0v) is 10.7. The molecule has 1 aliphatic rings. The minimum Gasteiger partial charge on any atom is -0.388 e. The van der Waals surface area contributed by atoms with Crippen LogP contribution in [0.5, 0.6) is 0 Å². The minimum atomic E-state index is -0.332. The molecule has 1 unspecified atom stereocenters. The van der Waals surface area contributed by atoms with Crippen molar-refractivity contribution in [3.8, 4) is 0 Å². The SMILES string of the molecule is C=C1C=C[C@H](C(C)CCC=C(C)C)C[C@H]1O. The van der Waals surface area contributed by atoms with Crippen LogP contribution in [0.2, 0.25) is 0 Å². The molecule has 0 aromatic carbocycles. The highest BCUT2D eigenvalue weighted by Gasteiger charge is 2.22. The molecule has 1 heteroatoms. The molecule has 0 saturated carbocycles. The van der Waals surface area contributed by atoms with Crippen LogP contribution in [0.15, 0.2) is 36.0 Å². The summed E-state index contributed by atoms with van der Waals surface area (Å²) in [7, 11) is 0. The van der Waals surface area contributed by atoms with Crippen LogP contribution in [0.3, 0.4) is 0 Å². The Morgan fingerprint density at radius 1 is 1.62 bits per heavy atom. The second-order valence-electron chi connectivity index (χ2n) is 5.19. The first-order valence-electron chi connectivity index (χ1n) is 6.19. The van der Waals surface area contributed by atoms with Crippen molar-refractivity contribution in [1.29, 1.82) is 0 Å². The highest BCUT2D eigenvalue weighted by atomic mass is 16.3. The summed E-state index contributed by atoms with van der Waals surface area (Å²) in [5.74, 6) is 1.14. The van der Waals surface area contributed by atoms with E-state index in [1.54, 1.807) is 0 Å². The van der Waals surface area contributed by atoms with Gasteiger partial charge in [0.2, 0.25) is 0 Å². The van der Waals surface area contributed by atoms with E-state index in [2.05, 4.69) is 39.5 Å². The van der Waals surface area contributed by atoms with Gasteiger partial charge in [0.15, 0.2) is 0 Å². The first-order valence-corrected chi connectivity index (χ1v) is 6.19. The van der Waals surface area contributed by atoms with Crippen molar-refractivity contribution in [2.45, 2.75) is 46.1 Å². The Kier molecular flexibility index (Phi) is 5.01. The van der Waals surface area contributed by atoms with Crippen LogP contribution in [0, 0.1) is 11.8 Å². The van der Waals surface area contributed by atoms with Crippen molar-refractivity contribution in [1.82, 2.24) is 0 Å². The van der Waals surface area contributed by atoms with Crippen molar-refractivity contribution in [3.05, 3.63) is 36.0 Å². The molecule has 90 valence electrons. The fourth-order valence-electron chi connectivity index (χ4n) is 2.12. The average molecular weight is 220 g/mol. The molecule has 1 nitrogen and oxygen atoms in total. The second-order valence-corrected chi connectivity index (χ2v) is 5.19. The maximum absolute atomic E-state index is 9.75. The van der Waals surface area contributed by atoms with Crippen LogP contribution in [0.25, 0.3) is 0 Å². The fraction of sp³-hybridized carbons (Fsp3) is 0.600. The van der Waals surface area contributed by atoms with E-state index < -0.39 is 0 Å². The van der Waals surface area contributed by atoms with E-state index in [0.717, 1.165) is 18.4 Å².